The van der Waals surface area contributed by atoms with Gasteiger partial charge in [-0.2, -0.15) is 0 Å². The third kappa shape index (κ3) is 5.38. The first-order valence-electron chi connectivity index (χ1n) is 6.23. The van der Waals surface area contributed by atoms with E-state index in [4.69, 9.17) is 4.74 Å². The summed E-state index contributed by atoms with van der Waals surface area (Å²) < 4.78 is 5.52. The summed E-state index contributed by atoms with van der Waals surface area (Å²) in [5, 5.41) is 2.87. The smallest absolute Gasteiger partial charge is 0.260 e. The molecule has 0 aliphatic carbocycles. The quantitative estimate of drug-likeness (QED) is 0.738. The van der Waals surface area contributed by atoms with E-state index in [9.17, 15) is 4.79 Å². The van der Waals surface area contributed by atoms with Gasteiger partial charge in [-0.1, -0.05) is 38.0 Å². The van der Waals surface area contributed by atoms with E-state index in [1.807, 2.05) is 30.3 Å². The number of hydrogen-bond donors (Lipinski definition) is 1. The molecule has 1 N–H and O–H groups in total. The Bertz CT molecular complexity index is 324. The highest BCUT2D eigenvalue weighted by Gasteiger charge is 2.13. The van der Waals surface area contributed by atoms with Gasteiger partial charge in [0.1, 0.15) is 5.75 Å². The number of unbranched alkanes of at least 4 members (excludes halogenated alkanes) is 2. The Balaban J connectivity index is 2.27. The Morgan fingerprint density at radius 2 is 2.00 bits per heavy atom. The van der Waals surface area contributed by atoms with E-state index in [0.717, 1.165) is 31.6 Å². The summed E-state index contributed by atoms with van der Waals surface area (Å²) in [5.74, 6) is 0.675. The van der Waals surface area contributed by atoms with Gasteiger partial charge in [-0.3, -0.25) is 4.79 Å². The second-order valence-corrected chi connectivity index (χ2v) is 4.07. The fourth-order valence-electron chi connectivity index (χ4n) is 1.49. The first-order valence-corrected chi connectivity index (χ1v) is 6.23. The van der Waals surface area contributed by atoms with Gasteiger partial charge in [-0.05, 0) is 25.5 Å². The predicted octanol–water partition coefficient (Wildman–Crippen LogP) is 2.76. The molecular formula is C14H21NO2. The van der Waals surface area contributed by atoms with E-state index in [1.54, 1.807) is 6.92 Å². The number of para-hydroxylation sites is 1. The summed E-state index contributed by atoms with van der Waals surface area (Å²) in [5.41, 5.74) is 0. The Kier molecular flexibility index (Phi) is 6.15. The molecule has 0 saturated heterocycles. The van der Waals surface area contributed by atoms with E-state index in [-0.39, 0.29) is 5.91 Å². The fourth-order valence-corrected chi connectivity index (χ4v) is 1.49. The van der Waals surface area contributed by atoms with Crippen molar-refractivity contribution >= 4 is 5.91 Å². The van der Waals surface area contributed by atoms with Crippen LogP contribution in [0.5, 0.6) is 5.75 Å². The summed E-state index contributed by atoms with van der Waals surface area (Å²) >= 11 is 0. The third-order valence-electron chi connectivity index (χ3n) is 2.50. The number of carbonyl (C=O) groups is 1. The van der Waals surface area contributed by atoms with Crippen molar-refractivity contribution in [3.63, 3.8) is 0 Å². The standard InChI is InChI=1S/C14H21NO2/c1-3-4-8-11-15-14(16)12(2)17-13-9-6-5-7-10-13/h5-7,9-10,12H,3-4,8,11H2,1-2H3,(H,15,16)/t12-/m0/s1. The number of hydrogen-bond acceptors (Lipinski definition) is 2. The Morgan fingerprint density at radius 3 is 2.65 bits per heavy atom. The van der Waals surface area contributed by atoms with Crippen LogP contribution in [0.15, 0.2) is 30.3 Å². The molecule has 0 heterocycles. The van der Waals surface area contributed by atoms with Crippen molar-refractivity contribution < 1.29 is 9.53 Å². The van der Waals surface area contributed by atoms with Gasteiger partial charge in [0.15, 0.2) is 6.10 Å². The molecule has 1 aromatic carbocycles. The molecular weight excluding hydrogens is 214 g/mol. The molecule has 0 aliphatic heterocycles. The zero-order valence-electron chi connectivity index (χ0n) is 10.6. The maximum atomic E-state index is 11.7. The van der Waals surface area contributed by atoms with Crippen LogP contribution in [0.2, 0.25) is 0 Å². The van der Waals surface area contributed by atoms with Crippen LogP contribution in [0.25, 0.3) is 0 Å². The molecule has 0 spiro atoms. The zero-order valence-corrected chi connectivity index (χ0v) is 10.6. The SMILES string of the molecule is CCCCCNC(=O)[C@H](C)Oc1ccccc1. The molecule has 3 nitrogen and oxygen atoms in total. The molecule has 3 heteroatoms. The number of rotatable bonds is 7. The van der Waals surface area contributed by atoms with Gasteiger partial charge >= 0.3 is 0 Å². The number of benzene rings is 1. The first kappa shape index (κ1) is 13.6. The molecule has 0 saturated carbocycles. The molecule has 0 fully saturated rings. The van der Waals surface area contributed by atoms with Crippen LogP contribution in [-0.2, 0) is 4.79 Å². The highest BCUT2D eigenvalue weighted by Crippen LogP contribution is 2.10. The highest BCUT2D eigenvalue weighted by molar-refractivity contribution is 5.80. The minimum atomic E-state index is -0.445. The van der Waals surface area contributed by atoms with E-state index in [0.29, 0.717) is 0 Å². The van der Waals surface area contributed by atoms with Crippen molar-refractivity contribution in [1.29, 1.82) is 0 Å². The van der Waals surface area contributed by atoms with E-state index in [2.05, 4.69) is 12.2 Å². The van der Waals surface area contributed by atoms with Gasteiger partial charge in [0.2, 0.25) is 0 Å². The topological polar surface area (TPSA) is 38.3 Å². The van der Waals surface area contributed by atoms with Gasteiger partial charge in [0, 0.05) is 6.54 Å². The molecule has 1 atom stereocenters. The fraction of sp³-hybridized carbons (Fsp3) is 0.500. The maximum absolute atomic E-state index is 11.7. The van der Waals surface area contributed by atoms with Crippen molar-refractivity contribution in [3.8, 4) is 5.75 Å². The van der Waals surface area contributed by atoms with Gasteiger partial charge in [0.25, 0.3) is 5.91 Å². The average molecular weight is 235 g/mol. The molecule has 1 rings (SSSR count). The van der Waals surface area contributed by atoms with Gasteiger partial charge in [0.05, 0.1) is 0 Å². The van der Waals surface area contributed by atoms with E-state index >= 15 is 0 Å². The number of carbonyl (C=O) groups excluding carboxylic acids is 1. The molecule has 0 aliphatic rings. The normalized spacial score (nSPS) is 11.9. The maximum Gasteiger partial charge on any atom is 0.260 e. The molecule has 0 aromatic heterocycles. The lowest BCUT2D eigenvalue weighted by Gasteiger charge is -2.14. The Morgan fingerprint density at radius 1 is 1.29 bits per heavy atom. The summed E-state index contributed by atoms with van der Waals surface area (Å²) in [4.78, 5) is 11.7. The summed E-state index contributed by atoms with van der Waals surface area (Å²) in [6, 6.07) is 9.40. The van der Waals surface area contributed by atoms with Crippen molar-refractivity contribution in [1.82, 2.24) is 5.32 Å². The lowest BCUT2D eigenvalue weighted by Crippen LogP contribution is -2.36. The first-order chi connectivity index (χ1) is 8.24. The summed E-state index contributed by atoms with van der Waals surface area (Å²) in [7, 11) is 0. The Labute approximate surface area is 103 Å². The molecule has 0 bridgehead atoms. The zero-order chi connectivity index (χ0) is 12.5. The minimum Gasteiger partial charge on any atom is -0.481 e. The molecule has 1 amide bonds. The molecule has 17 heavy (non-hydrogen) atoms. The lowest BCUT2D eigenvalue weighted by molar-refractivity contribution is -0.127. The number of nitrogens with one attached hydrogen (secondary N) is 1. The highest BCUT2D eigenvalue weighted by atomic mass is 16.5. The van der Waals surface area contributed by atoms with Crippen LogP contribution < -0.4 is 10.1 Å². The average Bonchev–Trinajstić information content (AvgIpc) is 2.35. The van der Waals surface area contributed by atoms with Crippen molar-refractivity contribution in [3.05, 3.63) is 30.3 Å². The van der Waals surface area contributed by atoms with Gasteiger partial charge in [-0.25, -0.2) is 0 Å². The van der Waals surface area contributed by atoms with E-state index in [1.165, 1.54) is 0 Å². The van der Waals surface area contributed by atoms with E-state index < -0.39 is 6.10 Å². The monoisotopic (exact) mass is 235 g/mol. The largest absolute Gasteiger partial charge is 0.481 e. The van der Waals surface area contributed by atoms with Gasteiger partial charge in [-0.15, -0.1) is 0 Å². The Hall–Kier alpha value is -1.51. The summed E-state index contributed by atoms with van der Waals surface area (Å²) in [6.45, 7) is 4.64. The van der Waals surface area contributed by atoms with Crippen LogP contribution in [0, 0.1) is 0 Å². The molecule has 0 unspecified atom stereocenters. The van der Waals surface area contributed by atoms with Crippen molar-refractivity contribution in [2.24, 2.45) is 0 Å². The second kappa shape index (κ2) is 7.71. The predicted molar refractivity (Wildman–Crippen MR) is 69.1 cm³/mol. The number of amides is 1. The molecule has 0 radical (unpaired) electrons. The van der Waals surface area contributed by atoms with Crippen LogP contribution in [0.4, 0.5) is 0 Å². The lowest BCUT2D eigenvalue weighted by atomic mass is 10.2. The van der Waals surface area contributed by atoms with Crippen molar-refractivity contribution in [2.45, 2.75) is 39.2 Å². The van der Waals surface area contributed by atoms with Crippen LogP contribution in [0.1, 0.15) is 33.1 Å². The van der Waals surface area contributed by atoms with Crippen LogP contribution in [-0.4, -0.2) is 18.6 Å². The molecule has 1 aromatic rings. The third-order valence-corrected chi connectivity index (χ3v) is 2.50. The second-order valence-electron chi connectivity index (χ2n) is 4.07. The number of ether oxygens (including phenoxy) is 1. The van der Waals surface area contributed by atoms with Crippen LogP contribution >= 0.6 is 0 Å². The minimum absolute atomic E-state index is 0.0510. The summed E-state index contributed by atoms with van der Waals surface area (Å²) in [6.07, 6.45) is 2.89. The van der Waals surface area contributed by atoms with Gasteiger partial charge < -0.3 is 10.1 Å². The van der Waals surface area contributed by atoms with Crippen molar-refractivity contribution in [2.75, 3.05) is 6.54 Å². The molecule has 94 valence electrons. The van der Waals surface area contributed by atoms with Crippen LogP contribution in [0.3, 0.4) is 0 Å².